The monoisotopic (exact) mass is 293 g/mol. The molecule has 0 aromatic heterocycles. The minimum atomic E-state index is 0.417. The zero-order valence-electron chi connectivity index (χ0n) is 15.0. The van der Waals surface area contributed by atoms with E-state index >= 15 is 0 Å². The lowest BCUT2D eigenvalue weighted by molar-refractivity contribution is 0.0432. The van der Waals surface area contributed by atoms with Gasteiger partial charge in [-0.1, -0.05) is 34.1 Å². The first-order valence-corrected chi connectivity index (χ1v) is 9.19. The van der Waals surface area contributed by atoms with E-state index < -0.39 is 0 Å². The fraction of sp³-hybridized carbons (Fsp3) is 0.947. The molecule has 1 aliphatic carbocycles. The van der Waals surface area contributed by atoms with Crippen molar-refractivity contribution in [1.29, 1.82) is 0 Å². The fourth-order valence-electron chi connectivity index (χ4n) is 5.60. The third-order valence-electron chi connectivity index (χ3n) is 6.07. The molecule has 1 spiro atoms. The predicted molar refractivity (Wildman–Crippen MR) is 91.5 cm³/mol. The molecular formula is C19H37N2+. The molecule has 1 saturated carbocycles. The molecule has 2 fully saturated rings. The maximum Gasteiger partial charge on any atom is 0.169 e. The first-order valence-electron chi connectivity index (χ1n) is 9.19. The third kappa shape index (κ3) is 3.42. The summed E-state index contributed by atoms with van der Waals surface area (Å²) in [6.07, 6.45) is 11.7. The Hall–Kier alpha value is -0.210. The van der Waals surface area contributed by atoms with Crippen molar-refractivity contribution in [3.63, 3.8) is 0 Å². The van der Waals surface area contributed by atoms with E-state index in [1.807, 2.05) is 0 Å². The van der Waals surface area contributed by atoms with Crippen LogP contribution in [0.5, 0.6) is 0 Å². The average Bonchev–Trinajstić information content (AvgIpc) is 2.58. The summed E-state index contributed by atoms with van der Waals surface area (Å²) in [6.45, 7) is 13.1. The summed E-state index contributed by atoms with van der Waals surface area (Å²) in [5.74, 6) is 8.18. The standard InChI is InChI=1S/C19H37N2/c1-6-8-16-13-18(4,5)14-19(16)12-15(3)10-11-21(20)17(19)9-7-2/h9,15-17H,6-8,10-14,20H2,1-5H3/q+1. The van der Waals surface area contributed by atoms with Gasteiger partial charge in [0.1, 0.15) is 0 Å². The molecular weight excluding hydrogens is 256 g/mol. The van der Waals surface area contributed by atoms with Gasteiger partial charge < -0.3 is 0 Å². The Morgan fingerprint density at radius 3 is 2.57 bits per heavy atom. The second-order valence-corrected chi connectivity index (χ2v) is 8.69. The largest absolute Gasteiger partial charge is 0.265 e. The average molecular weight is 294 g/mol. The Balaban J connectivity index is 2.39. The minimum absolute atomic E-state index is 0.417. The third-order valence-corrected chi connectivity index (χ3v) is 6.07. The minimum Gasteiger partial charge on any atom is -0.265 e. The lowest BCUT2D eigenvalue weighted by Gasteiger charge is -2.41. The van der Waals surface area contributed by atoms with Gasteiger partial charge in [0.15, 0.2) is 6.04 Å². The van der Waals surface area contributed by atoms with Crippen molar-refractivity contribution in [1.82, 2.24) is 5.01 Å². The van der Waals surface area contributed by atoms with Crippen LogP contribution in [0.25, 0.3) is 0 Å². The van der Waals surface area contributed by atoms with Gasteiger partial charge in [-0.15, -0.1) is 0 Å². The molecule has 0 amide bonds. The second-order valence-electron chi connectivity index (χ2n) is 8.69. The Morgan fingerprint density at radius 1 is 1.24 bits per heavy atom. The SMILES string of the molecule is CC[CH+]C1N(N)CCC(C)CC12CC(C)(C)CC2CCC. The van der Waals surface area contributed by atoms with Crippen LogP contribution in [0.15, 0.2) is 0 Å². The molecule has 2 heteroatoms. The highest BCUT2D eigenvalue weighted by molar-refractivity contribution is 5.10. The molecule has 1 aliphatic heterocycles. The normalized spacial score (nSPS) is 40.4. The summed E-state index contributed by atoms with van der Waals surface area (Å²) in [5, 5.41) is 2.19. The van der Waals surface area contributed by atoms with Crippen LogP contribution in [0.3, 0.4) is 0 Å². The summed E-state index contributed by atoms with van der Waals surface area (Å²) in [6, 6.07) is 0.478. The van der Waals surface area contributed by atoms with Crippen LogP contribution in [0.1, 0.15) is 79.6 Å². The van der Waals surface area contributed by atoms with Gasteiger partial charge in [-0.05, 0) is 56.3 Å². The molecule has 0 bridgehead atoms. The van der Waals surface area contributed by atoms with Crippen LogP contribution in [-0.4, -0.2) is 17.6 Å². The number of hydrogen-bond acceptors (Lipinski definition) is 2. The maximum absolute atomic E-state index is 6.53. The van der Waals surface area contributed by atoms with E-state index in [0.717, 1.165) is 24.8 Å². The molecule has 4 atom stereocenters. The number of hydrazine groups is 1. The topological polar surface area (TPSA) is 29.3 Å². The van der Waals surface area contributed by atoms with Gasteiger partial charge in [0.05, 0.1) is 12.8 Å². The molecule has 0 aromatic carbocycles. The molecule has 21 heavy (non-hydrogen) atoms. The summed E-state index contributed by atoms with van der Waals surface area (Å²) < 4.78 is 0. The van der Waals surface area contributed by atoms with E-state index in [0.29, 0.717) is 16.9 Å². The Morgan fingerprint density at radius 2 is 1.95 bits per heavy atom. The highest BCUT2D eigenvalue weighted by Gasteiger charge is 2.59. The van der Waals surface area contributed by atoms with E-state index in [1.165, 1.54) is 38.5 Å². The van der Waals surface area contributed by atoms with Crippen molar-refractivity contribution in [2.75, 3.05) is 6.54 Å². The number of nitrogens with two attached hydrogens (primary N) is 1. The Kier molecular flexibility index (Phi) is 5.31. The lowest BCUT2D eigenvalue weighted by atomic mass is 9.64. The predicted octanol–water partition coefficient (Wildman–Crippen LogP) is 4.80. The number of rotatable bonds is 4. The molecule has 2 nitrogen and oxygen atoms in total. The maximum atomic E-state index is 6.53. The molecule has 2 N–H and O–H groups in total. The van der Waals surface area contributed by atoms with Gasteiger partial charge in [0.2, 0.25) is 0 Å². The smallest absolute Gasteiger partial charge is 0.169 e. The van der Waals surface area contributed by atoms with Crippen LogP contribution in [-0.2, 0) is 0 Å². The molecule has 4 unspecified atom stereocenters. The van der Waals surface area contributed by atoms with Crippen LogP contribution in [0.2, 0.25) is 0 Å². The zero-order valence-corrected chi connectivity index (χ0v) is 15.0. The zero-order chi connectivity index (χ0) is 15.7. The van der Waals surface area contributed by atoms with Crippen LogP contribution in [0.4, 0.5) is 0 Å². The molecule has 0 aromatic rings. The van der Waals surface area contributed by atoms with Gasteiger partial charge in [-0.25, -0.2) is 5.01 Å². The van der Waals surface area contributed by atoms with Crippen molar-refractivity contribution in [2.45, 2.75) is 85.6 Å². The Bertz CT molecular complexity index is 338. The molecule has 122 valence electrons. The van der Waals surface area contributed by atoms with E-state index in [4.69, 9.17) is 5.84 Å². The van der Waals surface area contributed by atoms with Crippen molar-refractivity contribution in [3.8, 4) is 0 Å². The summed E-state index contributed by atoms with van der Waals surface area (Å²) in [5.41, 5.74) is 0.894. The van der Waals surface area contributed by atoms with Crippen molar-refractivity contribution in [3.05, 3.63) is 6.42 Å². The summed E-state index contributed by atoms with van der Waals surface area (Å²) in [4.78, 5) is 0. The lowest BCUT2D eigenvalue weighted by Crippen LogP contribution is -2.52. The first kappa shape index (κ1) is 17.1. The molecule has 0 radical (unpaired) electrons. The van der Waals surface area contributed by atoms with Gasteiger partial charge in [0.25, 0.3) is 0 Å². The molecule has 1 saturated heterocycles. The first-order chi connectivity index (χ1) is 9.84. The highest BCUT2D eigenvalue weighted by Crippen LogP contribution is 2.61. The number of nitrogens with zero attached hydrogens (tertiary/aromatic N) is 1. The van der Waals surface area contributed by atoms with Gasteiger partial charge in [-0.2, -0.15) is 0 Å². The van der Waals surface area contributed by atoms with Crippen molar-refractivity contribution >= 4 is 0 Å². The summed E-state index contributed by atoms with van der Waals surface area (Å²) in [7, 11) is 0. The van der Waals surface area contributed by atoms with Gasteiger partial charge >= 0.3 is 0 Å². The van der Waals surface area contributed by atoms with Gasteiger partial charge in [-0.3, -0.25) is 5.84 Å². The highest BCUT2D eigenvalue weighted by atomic mass is 15.4. The van der Waals surface area contributed by atoms with Crippen molar-refractivity contribution in [2.24, 2.45) is 28.5 Å². The van der Waals surface area contributed by atoms with Crippen molar-refractivity contribution < 1.29 is 0 Å². The summed E-state index contributed by atoms with van der Waals surface area (Å²) >= 11 is 0. The van der Waals surface area contributed by atoms with E-state index in [2.05, 4.69) is 46.0 Å². The number of hydrogen-bond donors (Lipinski definition) is 1. The van der Waals surface area contributed by atoms with E-state index in [1.54, 1.807) is 0 Å². The van der Waals surface area contributed by atoms with Crippen LogP contribution >= 0.6 is 0 Å². The Labute approximate surface area is 132 Å². The second kappa shape index (κ2) is 6.50. The van der Waals surface area contributed by atoms with E-state index in [-0.39, 0.29) is 0 Å². The molecule has 2 rings (SSSR count). The molecule has 1 heterocycles. The van der Waals surface area contributed by atoms with Crippen LogP contribution in [0, 0.1) is 29.1 Å². The fourth-order valence-corrected chi connectivity index (χ4v) is 5.60. The van der Waals surface area contributed by atoms with Gasteiger partial charge in [0, 0.05) is 12.0 Å². The quantitative estimate of drug-likeness (QED) is 0.596. The molecule has 2 aliphatic rings. The van der Waals surface area contributed by atoms with E-state index in [9.17, 15) is 0 Å². The van der Waals surface area contributed by atoms with Crippen LogP contribution < -0.4 is 5.84 Å².